The maximum absolute atomic E-state index is 12.1. The van der Waals surface area contributed by atoms with Crippen molar-refractivity contribution in [3.05, 3.63) is 51.5 Å². The summed E-state index contributed by atoms with van der Waals surface area (Å²) in [6.07, 6.45) is 0. The van der Waals surface area contributed by atoms with Crippen LogP contribution in [0.5, 0.6) is 5.75 Å². The van der Waals surface area contributed by atoms with Crippen LogP contribution in [0.1, 0.15) is 16.7 Å². The molecule has 0 aromatic heterocycles. The second kappa shape index (κ2) is 6.83. The van der Waals surface area contributed by atoms with Crippen LogP contribution < -0.4 is 15.8 Å². The Morgan fingerprint density at radius 1 is 1.18 bits per heavy atom. The number of aryl methyl sites for hydroxylation is 3. The fraction of sp³-hybridized carbons (Fsp3) is 0.235. The van der Waals surface area contributed by atoms with Crippen molar-refractivity contribution in [3.8, 4) is 5.75 Å². The number of hydrogen-bond donors (Lipinski definition) is 2. The number of rotatable bonds is 4. The summed E-state index contributed by atoms with van der Waals surface area (Å²) in [6, 6.07) is 9.45. The summed E-state index contributed by atoms with van der Waals surface area (Å²) in [5, 5.41) is 2.85. The third-order valence-electron chi connectivity index (χ3n) is 3.33. The van der Waals surface area contributed by atoms with E-state index in [1.54, 1.807) is 6.07 Å². The minimum Gasteiger partial charge on any atom is -0.483 e. The van der Waals surface area contributed by atoms with Gasteiger partial charge >= 0.3 is 0 Å². The van der Waals surface area contributed by atoms with E-state index in [0.717, 1.165) is 26.9 Å². The molecular formula is C17H19BrN2O2. The molecule has 1 amide bonds. The number of carbonyl (C=O) groups excluding carboxylic acids is 1. The zero-order valence-corrected chi connectivity index (χ0v) is 14.5. The molecule has 0 heterocycles. The van der Waals surface area contributed by atoms with E-state index in [4.69, 9.17) is 10.5 Å². The second-order valence-electron chi connectivity index (χ2n) is 5.25. The highest BCUT2D eigenvalue weighted by Gasteiger charge is 2.11. The molecule has 5 heteroatoms. The Kier molecular flexibility index (Phi) is 5.08. The Hall–Kier alpha value is -2.01. The summed E-state index contributed by atoms with van der Waals surface area (Å²) >= 11 is 3.41. The summed E-state index contributed by atoms with van der Waals surface area (Å²) in [5.74, 6) is 0.543. The lowest BCUT2D eigenvalue weighted by Gasteiger charge is -2.14. The van der Waals surface area contributed by atoms with Gasteiger partial charge in [-0.05, 0) is 65.5 Å². The monoisotopic (exact) mass is 362 g/mol. The van der Waals surface area contributed by atoms with E-state index in [9.17, 15) is 4.79 Å². The van der Waals surface area contributed by atoms with Crippen molar-refractivity contribution in [1.82, 2.24) is 0 Å². The molecule has 3 N–H and O–H groups in total. The zero-order chi connectivity index (χ0) is 16.3. The van der Waals surface area contributed by atoms with Gasteiger partial charge in [-0.3, -0.25) is 4.79 Å². The Balaban J connectivity index is 2.05. The van der Waals surface area contributed by atoms with Crippen molar-refractivity contribution in [2.75, 3.05) is 17.7 Å². The normalized spacial score (nSPS) is 10.4. The van der Waals surface area contributed by atoms with Crippen molar-refractivity contribution in [1.29, 1.82) is 0 Å². The van der Waals surface area contributed by atoms with E-state index >= 15 is 0 Å². The van der Waals surface area contributed by atoms with Crippen LogP contribution in [0, 0.1) is 20.8 Å². The number of carbonyl (C=O) groups is 1. The van der Waals surface area contributed by atoms with E-state index in [1.807, 2.05) is 45.0 Å². The van der Waals surface area contributed by atoms with Crippen LogP contribution >= 0.6 is 15.9 Å². The zero-order valence-electron chi connectivity index (χ0n) is 12.9. The van der Waals surface area contributed by atoms with Crippen molar-refractivity contribution < 1.29 is 9.53 Å². The molecule has 116 valence electrons. The SMILES string of the molecule is Cc1cc(N)cc(Br)c1NC(=O)COc1c(C)cccc1C. The van der Waals surface area contributed by atoms with Gasteiger partial charge in [-0.2, -0.15) is 0 Å². The number of benzene rings is 2. The molecule has 2 aromatic carbocycles. The lowest BCUT2D eigenvalue weighted by Crippen LogP contribution is -2.21. The van der Waals surface area contributed by atoms with Crippen molar-refractivity contribution in [2.45, 2.75) is 20.8 Å². The maximum Gasteiger partial charge on any atom is 0.262 e. The fourth-order valence-electron chi connectivity index (χ4n) is 2.27. The first-order chi connectivity index (χ1) is 10.4. The number of anilines is 2. The molecular weight excluding hydrogens is 344 g/mol. The van der Waals surface area contributed by atoms with Crippen molar-refractivity contribution in [2.24, 2.45) is 0 Å². The highest BCUT2D eigenvalue weighted by atomic mass is 79.9. The number of nitrogen functional groups attached to an aromatic ring is 1. The quantitative estimate of drug-likeness (QED) is 0.808. The van der Waals surface area contributed by atoms with E-state index in [2.05, 4.69) is 21.2 Å². The van der Waals surface area contributed by atoms with Crippen molar-refractivity contribution in [3.63, 3.8) is 0 Å². The van der Waals surface area contributed by atoms with Gasteiger partial charge in [0.05, 0.1) is 5.69 Å². The van der Waals surface area contributed by atoms with Crippen LogP contribution in [0.4, 0.5) is 11.4 Å². The summed E-state index contributed by atoms with van der Waals surface area (Å²) in [7, 11) is 0. The minimum atomic E-state index is -0.212. The van der Waals surface area contributed by atoms with Crippen LogP contribution in [0.25, 0.3) is 0 Å². The van der Waals surface area contributed by atoms with Crippen LogP contribution in [-0.2, 0) is 4.79 Å². The second-order valence-corrected chi connectivity index (χ2v) is 6.11. The van der Waals surface area contributed by atoms with Crippen LogP contribution in [-0.4, -0.2) is 12.5 Å². The molecule has 22 heavy (non-hydrogen) atoms. The highest BCUT2D eigenvalue weighted by Crippen LogP contribution is 2.29. The van der Waals surface area contributed by atoms with E-state index in [-0.39, 0.29) is 12.5 Å². The van der Waals surface area contributed by atoms with Gasteiger partial charge in [0.15, 0.2) is 6.61 Å². The Labute approximate surface area is 138 Å². The molecule has 0 atom stereocenters. The molecule has 0 fully saturated rings. The topological polar surface area (TPSA) is 64.3 Å². The number of para-hydroxylation sites is 1. The Morgan fingerprint density at radius 2 is 1.82 bits per heavy atom. The number of ether oxygens (including phenoxy) is 1. The van der Waals surface area contributed by atoms with E-state index < -0.39 is 0 Å². The Morgan fingerprint density at radius 3 is 2.41 bits per heavy atom. The van der Waals surface area contributed by atoms with Gasteiger partial charge in [0.1, 0.15) is 5.75 Å². The molecule has 0 bridgehead atoms. The van der Waals surface area contributed by atoms with E-state index in [1.165, 1.54) is 0 Å². The molecule has 0 aliphatic heterocycles. The van der Waals surface area contributed by atoms with Gasteiger partial charge in [0.2, 0.25) is 0 Å². The molecule has 2 rings (SSSR count). The highest BCUT2D eigenvalue weighted by molar-refractivity contribution is 9.10. The first-order valence-corrected chi connectivity index (χ1v) is 7.72. The van der Waals surface area contributed by atoms with Gasteiger partial charge in [-0.1, -0.05) is 18.2 Å². The fourth-order valence-corrected chi connectivity index (χ4v) is 2.95. The van der Waals surface area contributed by atoms with Crippen LogP contribution in [0.3, 0.4) is 0 Å². The van der Waals surface area contributed by atoms with Gasteiger partial charge in [-0.25, -0.2) is 0 Å². The van der Waals surface area contributed by atoms with Crippen molar-refractivity contribution >= 4 is 33.2 Å². The average Bonchev–Trinajstić information content (AvgIpc) is 2.42. The molecule has 0 spiro atoms. The number of amides is 1. The van der Waals surface area contributed by atoms with Gasteiger partial charge < -0.3 is 15.8 Å². The molecule has 0 unspecified atom stereocenters. The minimum absolute atomic E-state index is 0.0397. The number of nitrogens with two attached hydrogens (primary N) is 1. The lowest BCUT2D eigenvalue weighted by atomic mass is 10.1. The molecule has 0 aliphatic carbocycles. The molecule has 2 aromatic rings. The predicted molar refractivity (Wildman–Crippen MR) is 93.3 cm³/mol. The lowest BCUT2D eigenvalue weighted by molar-refractivity contribution is -0.118. The molecule has 0 saturated heterocycles. The molecule has 0 saturated carbocycles. The molecule has 4 nitrogen and oxygen atoms in total. The average molecular weight is 363 g/mol. The number of nitrogens with one attached hydrogen (secondary N) is 1. The largest absolute Gasteiger partial charge is 0.483 e. The summed E-state index contributed by atoms with van der Waals surface area (Å²) < 4.78 is 6.41. The van der Waals surface area contributed by atoms with Gasteiger partial charge in [0, 0.05) is 10.2 Å². The predicted octanol–water partition coefficient (Wildman–Crippen LogP) is 3.97. The summed E-state index contributed by atoms with van der Waals surface area (Å²) in [5.41, 5.74) is 10.0. The third-order valence-corrected chi connectivity index (χ3v) is 3.96. The van der Waals surface area contributed by atoms with Crippen LogP contribution in [0.15, 0.2) is 34.8 Å². The number of halogens is 1. The standard InChI is InChI=1S/C17H19BrN2O2/c1-10-5-4-6-11(2)17(10)22-9-15(21)20-16-12(3)7-13(19)8-14(16)18/h4-8H,9,19H2,1-3H3,(H,20,21). The first kappa shape index (κ1) is 16.4. The van der Waals surface area contributed by atoms with Gasteiger partial charge in [-0.15, -0.1) is 0 Å². The van der Waals surface area contributed by atoms with E-state index in [0.29, 0.717) is 11.4 Å². The number of hydrogen-bond acceptors (Lipinski definition) is 3. The first-order valence-electron chi connectivity index (χ1n) is 6.93. The van der Waals surface area contributed by atoms with Crippen LogP contribution in [0.2, 0.25) is 0 Å². The molecule has 0 aliphatic rings. The summed E-state index contributed by atoms with van der Waals surface area (Å²) in [4.78, 5) is 12.1. The van der Waals surface area contributed by atoms with Gasteiger partial charge in [0.25, 0.3) is 5.91 Å². The Bertz CT molecular complexity index is 671. The summed E-state index contributed by atoms with van der Waals surface area (Å²) in [6.45, 7) is 5.77. The smallest absolute Gasteiger partial charge is 0.262 e. The molecule has 0 radical (unpaired) electrons. The third kappa shape index (κ3) is 3.80. The maximum atomic E-state index is 12.1.